The topological polar surface area (TPSA) is 44.1 Å². The van der Waals surface area contributed by atoms with Crippen LogP contribution in [-0.2, 0) is 4.74 Å². The Balaban J connectivity index is 2.15. The van der Waals surface area contributed by atoms with Crippen molar-refractivity contribution < 1.29 is 9.53 Å². The van der Waals surface area contributed by atoms with Crippen molar-refractivity contribution in [3.63, 3.8) is 0 Å². The molecule has 116 valence electrons. The first-order chi connectivity index (χ1) is 11.2. The predicted octanol–water partition coefficient (Wildman–Crippen LogP) is 3.62. The maximum atomic E-state index is 12.0. The minimum atomic E-state index is -0.393. The molecule has 3 rings (SSSR count). The van der Waals surface area contributed by atoms with Gasteiger partial charge in [-0.3, -0.25) is 0 Å². The minimum absolute atomic E-state index is 0.131. The van der Waals surface area contributed by atoms with Crippen molar-refractivity contribution in [1.29, 1.82) is 0 Å². The van der Waals surface area contributed by atoms with E-state index in [0.717, 1.165) is 11.1 Å². The van der Waals surface area contributed by atoms with E-state index in [4.69, 9.17) is 4.74 Å². The fraction of sp³-hybridized carbons (Fsp3) is 0.158. The number of imidazole rings is 1. The largest absolute Gasteiger partial charge is 0.464 e. The summed E-state index contributed by atoms with van der Waals surface area (Å²) in [5.74, 6) is -0.393. The molecule has 4 nitrogen and oxygen atoms in total. The molecule has 0 saturated heterocycles. The molecule has 0 aliphatic carbocycles. The summed E-state index contributed by atoms with van der Waals surface area (Å²) in [6.07, 6.45) is 3.21. The van der Waals surface area contributed by atoms with Gasteiger partial charge in [-0.2, -0.15) is 0 Å². The Labute approximate surface area is 135 Å². The maximum absolute atomic E-state index is 12.0. The van der Waals surface area contributed by atoms with Gasteiger partial charge in [0.05, 0.1) is 25.7 Å². The van der Waals surface area contributed by atoms with Crippen LogP contribution in [0.15, 0.2) is 67.1 Å². The summed E-state index contributed by atoms with van der Waals surface area (Å²) in [6, 6.07) is 18.2. The molecule has 1 unspecified atom stereocenters. The van der Waals surface area contributed by atoms with Crippen LogP contribution in [0.1, 0.15) is 33.2 Å². The van der Waals surface area contributed by atoms with E-state index in [0.29, 0.717) is 5.69 Å². The molecule has 0 saturated carbocycles. The standard InChI is InChI=1S/C19H18N2O2/c1-14-8-10-16(11-9-14)18(15-6-4-3-5-7-15)21-13-20-12-17(21)19(22)23-2/h3-13,18H,1-2H3. The van der Waals surface area contributed by atoms with Gasteiger partial charge in [-0.15, -0.1) is 0 Å². The highest BCUT2D eigenvalue weighted by molar-refractivity contribution is 5.87. The molecule has 0 aliphatic heterocycles. The first-order valence-corrected chi connectivity index (χ1v) is 7.42. The lowest BCUT2D eigenvalue weighted by Crippen LogP contribution is -2.17. The summed E-state index contributed by atoms with van der Waals surface area (Å²) in [5, 5.41) is 0. The first-order valence-electron chi connectivity index (χ1n) is 7.42. The Morgan fingerprint density at radius 1 is 1.04 bits per heavy atom. The molecule has 23 heavy (non-hydrogen) atoms. The molecule has 0 N–H and O–H groups in total. The molecule has 0 amide bonds. The van der Waals surface area contributed by atoms with Crippen molar-refractivity contribution in [2.75, 3.05) is 7.11 Å². The number of esters is 1. The van der Waals surface area contributed by atoms with E-state index in [1.807, 2.05) is 34.9 Å². The van der Waals surface area contributed by atoms with E-state index in [1.165, 1.54) is 18.9 Å². The quantitative estimate of drug-likeness (QED) is 0.692. The first kappa shape index (κ1) is 15.0. The van der Waals surface area contributed by atoms with Gasteiger partial charge in [0.2, 0.25) is 0 Å². The Morgan fingerprint density at radius 3 is 2.35 bits per heavy atom. The second kappa shape index (κ2) is 6.48. The summed E-state index contributed by atoms with van der Waals surface area (Å²) in [4.78, 5) is 16.2. The van der Waals surface area contributed by atoms with Crippen molar-refractivity contribution in [2.45, 2.75) is 13.0 Å². The molecule has 0 fully saturated rings. The van der Waals surface area contributed by atoms with Crippen LogP contribution in [0.3, 0.4) is 0 Å². The normalized spacial score (nSPS) is 11.9. The predicted molar refractivity (Wildman–Crippen MR) is 88.4 cm³/mol. The van der Waals surface area contributed by atoms with Crippen LogP contribution >= 0.6 is 0 Å². The van der Waals surface area contributed by atoms with Crippen molar-refractivity contribution in [3.8, 4) is 0 Å². The molecule has 1 aromatic heterocycles. The van der Waals surface area contributed by atoms with Crippen LogP contribution in [0, 0.1) is 6.92 Å². The lowest BCUT2D eigenvalue weighted by atomic mass is 9.97. The molecule has 3 aromatic rings. The zero-order chi connectivity index (χ0) is 16.2. The van der Waals surface area contributed by atoms with E-state index in [2.05, 4.69) is 36.2 Å². The SMILES string of the molecule is COC(=O)c1cncn1C(c1ccccc1)c1ccc(C)cc1. The number of hydrogen-bond acceptors (Lipinski definition) is 3. The fourth-order valence-corrected chi connectivity index (χ4v) is 2.67. The summed E-state index contributed by atoms with van der Waals surface area (Å²) < 4.78 is 6.73. The molecule has 1 atom stereocenters. The number of carbonyl (C=O) groups excluding carboxylic acids is 1. The average molecular weight is 306 g/mol. The molecular formula is C19H18N2O2. The van der Waals surface area contributed by atoms with Gasteiger partial charge < -0.3 is 9.30 Å². The Hall–Kier alpha value is -2.88. The molecule has 0 spiro atoms. The van der Waals surface area contributed by atoms with Gasteiger partial charge in [-0.05, 0) is 18.1 Å². The van der Waals surface area contributed by atoms with Gasteiger partial charge in [-0.25, -0.2) is 9.78 Å². The highest BCUT2D eigenvalue weighted by Gasteiger charge is 2.22. The molecule has 1 heterocycles. The molecule has 0 radical (unpaired) electrons. The van der Waals surface area contributed by atoms with Crippen molar-refractivity contribution >= 4 is 5.97 Å². The fourth-order valence-electron chi connectivity index (χ4n) is 2.67. The lowest BCUT2D eigenvalue weighted by Gasteiger charge is -2.21. The lowest BCUT2D eigenvalue weighted by molar-refractivity contribution is 0.0588. The molecule has 0 aliphatic rings. The Morgan fingerprint density at radius 2 is 1.70 bits per heavy atom. The number of methoxy groups -OCH3 is 1. The van der Waals surface area contributed by atoms with Gasteiger partial charge in [0.15, 0.2) is 0 Å². The van der Waals surface area contributed by atoms with E-state index in [1.54, 1.807) is 6.33 Å². The number of ether oxygens (including phenoxy) is 1. The number of carbonyl (C=O) groups is 1. The van der Waals surface area contributed by atoms with E-state index >= 15 is 0 Å². The Kier molecular flexibility index (Phi) is 4.24. The van der Waals surface area contributed by atoms with Gasteiger partial charge in [0.1, 0.15) is 5.69 Å². The average Bonchev–Trinajstić information content (AvgIpc) is 3.06. The van der Waals surface area contributed by atoms with Gasteiger partial charge in [0.25, 0.3) is 0 Å². The third-order valence-corrected chi connectivity index (χ3v) is 3.85. The van der Waals surface area contributed by atoms with Crippen LogP contribution in [0.25, 0.3) is 0 Å². The molecule has 4 heteroatoms. The summed E-state index contributed by atoms with van der Waals surface area (Å²) in [5.41, 5.74) is 3.80. The molecular weight excluding hydrogens is 288 g/mol. The van der Waals surface area contributed by atoms with E-state index < -0.39 is 5.97 Å². The summed E-state index contributed by atoms with van der Waals surface area (Å²) in [7, 11) is 1.38. The number of rotatable bonds is 4. The van der Waals surface area contributed by atoms with Crippen LogP contribution < -0.4 is 0 Å². The van der Waals surface area contributed by atoms with Crippen LogP contribution in [0.2, 0.25) is 0 Å². The number of nitrogens with zero attached hydrogens (tertiary/aromatic N) is 2. The van der Waals surface area contributed by atoms with Gasteiger partial charge in [0, 0.05) is 0 Å². The molecule has 0 bridgehead atoms. The van der Waals surface area contributed by atoms with Gasteiger partial charge in [-0.1, -0.05) is 60.2 Å². The van der Waals surface area contributed by atoms with Gasteiger partial charge >= 0.3 is 5.97 Å². The third-order valence-electron chi connectivity index (χ3n) is 3.85. The zero-order valence-electron chi connectivity index (χ0n) is 13.1. The van der Waals surface area contributed by atoms with Crippen molar-refractivity contribution in [1.82, 2.24) is 9.55 Å². The van der Waals surface area contributed by atoms with Crippen LogP contribution in [0.4, 0.5) is 0 Å². The zero-order valence-corrected chi connectivity index (χ0v) is 13.1. The number of benzene rings is 2. The number of aromatic nitrogens is 2. The van der Waals surface area contributed by atoms with Crippen molar-refractivity contribution in [3.05, 3.63) is 89.5 Å². The third kappa shape index (κ3) is 3.01. The maximum Gasteiger partial charge on any atom is 0.356 e. The highest BCUT2D eigenvalue weighted by atomic mass is 16.5. The number of aryl methyl sites for hydroxylation is 1. The second-order valence-electron chi connectivity index (χ2n) is 5.40. The Bertz CT molecular complexity index is 792. The van der Waals surface area contributed by atoms with Crippen LogP contribution in [0.5, 0.6) is 0 Å². The smallest absolute Gasteiger partial charge is 0.356 e. The second-order valence-corrected chi connectivity index (χ2v) is 5.40. The van der Waals surface area contributed by atoms with E-state index in [-0.39, 0.29) is 6.04 Å². The highest BCUT2D eigenvalue weighted by Crippen LogP contribution is 2.28. The molecule has 2 aromatic carbocycles. The van der Waals surface area contributed by atoms with Crippen LogP contribution in [-0.4, -0.2) is 22.6 Å². The monoisotopic (exact) mass is 306 g/mol. The summed E-state index contributed by atoms with van der Waals surface area (Å²) >= 11 is 0. The minimum Gasteiger partial charge on any atom is -0.464 e. The van der Waals surface area contributed by atoms with E-state index in [9.17, 15) is 4.79 Å². The van der Waals surface area contributed by atoms with Crippen molar-refractivity contribution in [2.24, 2.45) is 0 Å². The number of hydrogen-bond donors (Lipinski definition) is 0. The summed E-state index contributed by atoms with van der Waals surface area (Å²) in [6.45, 7) is 2.05.